The van der Waals surface area contributed by atoms with Gasteiger partial charge in [0.25, 0.3) is 5.91 Å². The van der Waals surface area contributed by atoms with E-state index in [9.17, 15) is 4.79 Å². The molecule has 0 unspecified atom stereocenters. The molecule has 1 amide bonds. The van der Waals surface area contributed by atoms with Crippen LogP contribution in [0.2, 0.25) is 0 Å². The zero-order valence-electron chi connectivity index (χ0n) is 10.1. The highest BCUT2D eigenvalue weighted by Crippen LogP contribution is 2.11. The molecule has 0 saturated carbocycles. The van der Waals surface area contributed by atoms with E-state index < -0.39 is 0 Å². The molecule has 3 N–H and O–H groups in total. The number of hydrogen-bond acceptors (Lipinski definition) is 4. The number of nitrogens with one attached hydrogen (secondary N) is 1. The van der Waals surface area contributed by atoms with E-state index in [-0.39, 0.29) is 5.91 Å². The minimum atomic E-state index is -0.199. The maximum absolute atomic E-state index is 12.1. The van der Waals surface area contributed by atoms with Crippen LogP contribution in [0, 0.1) is 0 Å². The van der Waals surface area contributed by atoms with Gasteiger partial charge in [0.15, 0.2) is 0 Å². The molecule has 0 atom stereocenters. The van der Waals surface area contributed by atoms with E-state index in [4.69, 9.17) is 5.73 Å². The standard InChI is InChI=1S/C12H15N5O/c1-17-12(14-8-15-17)16-11(18)10-5-3-2-4-9(10)6-7-13/h2-5,8H,6-7,13H2,1H3,(H,14,15,16,18). The highest BCUT2D eigenvalue weighted by Gasteiger charge is 2.12. The van der Waals surface area contributed by atoms with Gasteiger partial charge in [-0.1, -0.05) is 18.2 Å². The molecule has 0 aliphatic rings. The van der Waals surface area contributed by atoms with Crippen LogP contribution in [0.15, 0.2) is 30.6 Å². The lowest BCUT2D eigenvalue weighted by atomic mass is 10.0. The number of anilines is 1. The zero-order valence-corrected chi connectivity index (χ0v) is 10.1. The third-order valence-corrected chi connectivity index (χ3v) is 2.61. The topological polar surface area (TPSA) is 85.8 Å². The lowest BCUT2D eigenvalue weighted by Crippen LogP contribution is -2.18. The van der Waals surface area contributed by atoms with Crippen LogP contribution in [0.25, 0.3) is 0 Å². The lowest BCUT2D eigenvalue weighted by Gasteiger charge is -2.08. The molecule has 0 radical (unpaired) electrons. The number of nitrogens with zero attached hydrogens (tertiary/aromatic N) is 3. The smallest absolute Gasteiger partial charge is 0.258 e. The van der Waals surface area contributed by atoms with E-state index >= 15 is 0 Å². The molecule has 6 nitrogen and oxygen atoms in total. The van der Waals surface area contributed by atoms with E-state index in [1.807, 2.05) is 18.2 Å². The molecule has 1 aromatic carbocycles. The van der Waals surface area contributed by atoms with Gasteiger partial charge in [0.1, 0.15) is 6.33 Å². The van der Waals surface area contributed by atoms with Crippen molar-refractivity contribution in [2.24, 2.45) is 12.8 Å². The Balaban J connectivity index is 2.21. The molecule has 0 fully saturated rings. The van der Waals surface area contributed by atoms with Crippen molar-refractivity contribution in [3.63, 3.8) is 0 Å². The first kappa shape index (κ1) is 12.3. The summed E-state index contributed by atoms with van der Waals surface area (Å²) in [6, 6.07) is 7.39. The Labute approximate surface area is 105 Å². The Morgan fingerprint density at radius 2 is 2.22 bits per heavy atom. The van der Waals surface area contributed by atoms with E-state index in [1.54, 1.807) is 13.1 Å². The molecule has 2 rings (SSSR count). The minimum Gasteiger partial charge on any atom is -0.330 e. The van der Waals surface area contributed by atoms with Gasteiger partial charge in [-0.05, 0) is 24.6 Å². The molecule has 0 aliphatic heterocycles. The SMILES string of the molecule is Cn1ncnc1NC(=O)c1ccccc1CCN. The Hall–Kier alpha value is -2.21. The molecule has 94 valence electrons. The fraction of sp³-hybridized carbons (Fsp3) is 0.250. The average molecular weight is 245 g/mol. The van der Waals surface area contributed by atoms with Crippen LogP contribution in [0.4, 0.5) is 5.95 Å². The normalized spacial score (nSPS) is 10.3. The molecule has 1 heterocycles. The number of hydrogen-bond donors (Lipinski definition) is 2. The van der Waals surface area contributed by atoms with Crippen molar-refractivity contribution in [1.29, 1.82) is 0 Å². The molecule has 2 aromatic rings. The van der Waals surface area contributed by atoms with E-state index in [1.165, 1.54) is 11.0 Å². The predicted molar refractivity (Wildman–Crippen MR) is 68.2 cm³/mol. The van der Waals surface area contributed by atoms with Gasteiger partial charge in [-0.3, -0.25) is 10.1 Å². The second kappa shape index (κ2) is 5.42. The molecule has 0 bridgehead atoms. The number of carbonyl (C=O) groups excluding carboxylic acids is 1. The number of benzene rings is 1. The highest BCUT2D eigenvalue weighted by atomic mass is 16.1. The number of carbonyl (C=O) groups is 1. The summed E-state index contributed by atoms with van der Waals surface area (Å²) < 4.78 is 1.50. The van der Waals surface area contributed by atoms with Crippen molar-refractivity contribution in [3.05, 3.63) is 41.7 Å². The maximum Gasteiger partial charge on any atom is 0.258 e. The summed E-state index contributed by atoms with van der Waals surface area (Å²) >= 11 is 0. The van der Waals surface area contributed by atoms with Crippen LogP contribution in [0.1, 0.15) is 15.9 Å². The van der Waals surface area contributed by atoms with Crippen molar-refractivity contribution < 1.29 is 4.79 Å². The molecule has 0 saturated heterocycles. The highest BCUT2D eigenvalue weighted by molar-refractivity contribution is 6.04. The number of amides is 1. The summed E-state index contributed by atoms with van der Waals surface area (Å²) in [5.41, 5.74) is 7.08. The van der Waals surface area contributed by atoms with Gasteiger partial charge in [-0.15, -0.1) is 0 Å². The summed E-state index contributed by atoms with van der Waals surface area (Å²) in [5, 5.41) is 6.61. The van der Waals surface area contributed by atoms with Crippen LogP contribution in [-0.2, 0) is 13.5 Å². The first-order chi connectivity index (χ1) is 8.72. The monoisotopic (exact) mass is 245 g/mol. The van der Waals surface area contributed by atoms with Crippen LogP contribution in [-0.4, -0.2) is 27.2 Å². The zero-order chi connectivity index (χ0) is 13.0. The van der Waals surface area contributed by atoms with Gasteiger partial charge >= 0.3 is 0 Å². The number of aryl methyl sites for hydroxylation is 1. The van der Waals surface area contributed by atoms with E-state index in [2.05, 4.69) is 15.4 Å². The molecule has 0 spiro atoms. The van der Waals surface area contributed by atoms with Crippen LogP contribution in [0.3, 0.4) is 0 Å². The van der Waals surface area contributed by atoms with Gasteiger partial charge in [-0.2, -0.15) is 10.1 Å². The molecule has 18 heavy (non-hydrogen) atoms. The average Bonchev–Trinajstić information content (AvgIpc) is 2.76. The number of rotatable bonds is 4. The summed E-state index contributed by atoms with van der Waals surface area (Å²) in [6.07, 6.45) is 2.06. The van der Waals surface area contributed by atoms with Gasteiger partial charge in [-0.25, -0.2) is 4.68 Å². The molecular formula is C12H15N5O. The summed E-state index contributed by atoms with van der Waals surface area (Å²) in [4.78, 5) is 16.1. The van der Waals surface area contributed by atoms with Crippen LogP contribution >= 0.6 is 0 Å². The summed E-state index contributed by atoms with van der Waals surface area (Å²) in [6.45, 7) is 0.508. The van der Waals surface area contributed by atoms with Gasteiger partial charge in [0, 0.05) is 12.6 Å². The Bertz CT molecular complexity index is 549. The predicted octanol–water partition coefficient (Wildman–Crippen LogP) is 0.569. The quantitative estimate of drug-likeness (QED) is 0.824. The van der Waals surface area contributed by atoms with Crippen molar-refractivity contribution in [1.82, 2.24) is 14.8 Å². The van der Waals surface area contributed by atoms with Gasteiger partial charge in [0.2, 0.25) is 5.95 Å². The molecular weight excluding hydrogens is 230 g/mol. The molecule has 1 aromatic heterocycles. The van der Waals surface area contributed by atoms with E-state index in [0.29, 0.717) is 24.5 Å². The van der Waals surface area contributed by atoms with Crippen LogP contribution < -0.4 is 11.1 Å². The van der Waals surface area contributed by atoms with Crippen molar-refractivity contribution in [3.8, 4) is 0 Å². The van der Waals surface area contributed by atoms with Crippen molar-refractivity contribution in [2.45, 2.75) is 6.42 Å². The number of nitrogens with two attached hydrogens (primary N) is 1. The van der Waals surface area contributed by atoms with Crippen molar-refractivity contribution in [2.75, 3.05) is 11.9 Å². The fourth-order valence-corrected chi connectivity index (χ4v) is 1.69. The summed E-state index contributed by atoms with van der Waals surface area (Å²) in [5.74, 6) is 0.220. The third kappa shape index (κ3) is 2.54. The maximum atomic E-state index is 12.1. The number of aromatic nitrogens is 3. The third-order valence-electron chi connectivity index (χ3n) is 2.61. The van der Waals surface area contributed by atoms with Gasteiger partial charge < -0.3 is 5.73 Å². The fourth-order valence-electron chi connectivity index (χ4n) is 1.69. The van der Waals surface area contributed by atoms with E-state index in [0.717, 1.165) is 5.56 Å². The van der Waals surface area contributed by atoms with Gasteiger partial charge in [0.05, 0.1) is 0 Å². The lowest BCUT2D eigenvalue weighted by molar-refractivity contribution is 0.102. The molecule has 0 aliphatic carbocycles. The van der Waals surface area contributed by atoms with Crippen LogP contribution in [0.5, 0.6) is 0 Å². The first-order valence-electron chi connectivity index (χ1n) is 5.65. The minimum absolute atomic E-state index is 0.199. The molecule has 6 heteroatoms. The Morgan fingerprint density at radius 3 is 2.89 bits per heavy atom. The Kier molecular flexibility index (Phi) is 3.69. The Morgan fingerprint density at radius 1 is 1.44 bits per heavy atom. The second-order valence-corrected chi connectivity index (χ2v) is 3.86. The summed E-state index contributed by atoms with van der Waals surface area (Å²) in [7, 11) is 1.72. The first-order valence-corrected chi connectivity index (χ1v) is 5.65. The van der Waals surface area contributed by atoms with Crippen molar-refractivity contribution >= 4 is 11.9 Å². The second-order valence-electron chi connectivity index (χ2n) is 3.86. The largest absolute Gasteiger partial charge is 0.330 e.